The molecule has 4 N–H and O–H groups in total. The van der Waals surface area contributed by atoms with E-state index in [2.05, 4.69) is 15.5 Å². The highest BCUT2D eigenvalue weighted by atomic mass is 19.1. The van der Waals surface area contributed by atoms with Gasteiger partial charge in [-0.05, 0) is 36.4 Å². The normalized spacial score (nSPS) is 10.5. The molecule has 0 fully saturated rings. The number of ether oxygens (including phenoxy) is 2. The molecule has 0 aliphatic carbocycles. The highest BCUT2D eigenvalue weighted by molar-refractivity contribution is 6.05. The summed E-state index contributed by atoms with van der Waals surface area (Å²) < 4.78 is 24.9. The van der Waals surface area contributed by atoms with Crippen LogP contribution in [-0.4, -0.2) is 36.4 Å². The molecule has 3 rings (SSSR count). The minimum atomic E-state index is -0.714. The summed E-state index contributed by atoms with van der Waals surface area (Å²) in [5, 5.41) is 9.48. The van der Waals surface area contributed by atoms with Crippen molar-refractivity contribution in [1.82, 2.24) is 10.2 Å². The van der Waals surface area contributed by atoms with Crippen molar-refractivity contribution < 1.29 is 18.7 Å². The molecule has 0 aliphatic heterocycles. The lowest BCUT2D eigenvalue weighted by atomic mass is 10.1. The number of halogens is 1. The Bertz CT molecular complexity index is 929. The van der Waals surface area contributed by atoms with Crippen molar-refractivity contribution in [3.63, 3.8) is 0 Å². The predicted octanol–water partition coefficient (Wildman–Crippen LogP) is 2.81. The lowest BCUT2D eigenvalue weighted by Crippen LogP contribution is -2.14. The number of carbonyl (C=O) groups excluding carboxylic acids is 1. The largest absolute Gasteiger partial charge is 0.494 e. The van der Waals surface area contributed by atoms with Crippen molar-refractivity contribution in [3.05, 3.63) is 60.0 Å². The molecular weight excluding hydrogens is 351 g/mol. The van der Waals surface area contributed by atoms with Crippen LogP contribution >= 0.6 is 0 Å². The van der Waals surface area contributed by atoms with Crippen LogP contribution in [0, 0.1) is 5.82 Å². The van der Waals surface area contributed by atoms with Crippen molar-refractivity contribution in [3.8, 4) is 22.8 Å². The number of H-pyrrole nitrogens is 1. The molecule has 0 spiro atoms. The zero-order valence-electron chi connectivity index (χ0n) is 14.7. The van der Waals surface area contributed by atoms with Gasteiger partial charge in [0, 0.05) is 24.0 Å². The van der Waals surface area contributed by atoms with E-state index in [1.165, 1.54) is 19.2 Å². The predicted molar refractivity (Wildman–Crippen MR) is 99.5 cm³/mol. The maximum absolute atomic E-state index is 14.3. The van der Waals surface area contributed by atoms with Crippen LogP contribution in [0.1, 0.15) is 10.4 Å². The van der Waals surface area contributed by atoms with E-state index in [1.54, 1.807) is 36.5 Å². The Hall–Kier alpha value is -3.39. The molecule has 140 valence electrons. The first-order valence-corrected chi connectivity index (χ1v) is 8.24. The van der Waals surface area contributed by atoms with E-state index < -0.39 is 11.7 Å². The summed E-state index contributed by atoms with van der Waals surface area (Å²) in [5.74, 6) is -0.701. The number of hydrogen-bond acceptors (Lipinski definition) is 5. The third-order valence-corrected chi connectivity index (χ3v) is 3.83. The third-order valence-electron chi connectivity index (χ3n) is 3.83. The van der Waals surface area contributed by atoms with Crippen LogP contribution in [0.2, 0.25) is 0 Å². The van der Waals surface area contributed by atoms with Crippen molar-refractivity contribution in [2.75, 3.05) is 25.6 Å². The Kier molecular flexibility index (Phi) is 5.68. The lowest BCUT2D eigenvalue weighted by molar-refractivity contribution is 0.102. The second-order valence-corrected chi connectivity index (χ2v) is 5.59. The van der Waals surface area contributed by atoms with Gasteiger partial charge in [-0.3, -0.25) is 9.89 Å². The molecule has 7 nitrogen and oxygen atoms in total. The third kappa shape index (κ3) is 4.06. The standard InChI is InChI=1S/C19H19FN4O3/c1-26-17-4-2-3-13(18(17)20)19(25)23-12-5-6-16(27-10-8-21)14(11-12)15-7-9-22-24-15/h2-7,9,11H,8,10,21H2,1H3,(H,22,24)(H,23,25). The number of nitrogens with one attached hydrogen (secondary N) is 2. The molecule has 0 radical (unpaired) electrons. The second kappa shape index (κ2) is 8.33. The summed E-state index contributed by atoms with van der Waals surface area (Å²) in [4.78, 5) is 12.5. The number of aromatic nitrogens is 2. The summed E-state index contributed by atoms with van der Waals surface area (Å²) in [7, 11) is 1.34. The van der Waals surface area contributed by atoms with Crippen molar-refractivity contribution >= 4 is 11.6 Å². The lowest BCUT2D eigenvalue weighted by Gasteiger charge is -2.13. The van der Waals surface area contributed by atoms with Gasteiger partial charge in [0.05, 0.1) is 18.4 Å². The van der Waals surface area contributed by atoms with E-state index in [0.29, 0.717) is 35.8 Å². The number of hydrogen-bond donors (Lipinski definition) is 3. The van der Waals surface area contributed by atoms with Gasteiger partial charge in [0.25, 0.3) is 5.91 Å². The average molecular weight is 370 g/mol. The van der Waals surface area contributed by atoms with Crippen LogP contribution < -0.4 is 20.5 Å². The molecule has 1 amide bonds. The van der Waals surface area contributed by atoms with Crippen LogP contribution in [0.25, 0.3) is 11.3 Å². The number of rotatable bonds is 7. The molecule has 0 bridgehead atoms. The summed E-state index contributed by atoms with van der Waals surface area (Å²) >= 11 is 0. The van der Waals surface area contributed by atoms with Crippen molar-refractivity contribution in [2.45, 2.75) is 0 Å². The first kappa shape index (κ1) is 18.4. The second-order valence-electron chi connectivity index (χ2n) is 5.59. The van der Waals surface area contributed by atoms with Gasteiger partial charge in [0.1, 0.15) is 12.4 Å². The Morgan fingerprint density at radius 2 is 2.11 bits per heavy atom. The van der Waals surface area contributed by atoms with E-state index in [-0.39, 0.29) is 11.3 Å². The van der Waals surface area contributed by atoms with Crippen LogP contribution in [0.5, 0.6) is 11.5 Å². The van der Waals surface area contributed by atoms with E-state index in [0.717, 1.165) is 0 Å². The number of amides is 1. The van der Waals surface area contributed by atoms with Crippen molar-refractivity contribution in [2.24, 2.45) is 5.73 Å². The number of aromatic amines is 1. The molecule has 3 aromatic rings. The number of nitrogens with zero attached hydrogens (tertiary/aromatic N) is 1. The van der Waals surface area contributed by atoms with Crippen LogP contribution in [0.3, 0.4) is 0 Å². The maximum Gasteiger partial charge on any atom is 0.258 e. The summed E-state index contributed by atoms with van der Waals surface area (Å²) in [6, 6.07) is 11.3. The number of nitrogens with two attached hydrogens (primary N) is 1. The molecule has 1 aromatic heterocycles. The Balaban J connectivity index is 1.89. The molecule has 8 heteroatoms. The zero-order valence-corrected chi connectivity index (χ0v) is 14.7. The fourth-order valence-corrected chi connectivity index (χ4v) is 2.56. The zero-order chi connectivity index (χ0) is 19.2. The van der Waals surface area contributed by atoms with E-state index >= 15 is 0 Å². The molecule has 2 aromatic carbocycles. The molecule has 1 heterocycles. The van der Waals surface area contributed by atoms with E-state index in [4.69, 9.17) is 15.2 Å². The van der Waals surface area contributed by atoms with Crippen molar-refractivity contribution in [1.29, 1.82) is 0 Å². The molecule has 0 aliphatic rings. The van der Waals surface area contributed by atoms with Gasteiger partial charge in [-0.2, -0.15) is 5.10 Å². The van der Waals surface area contributed by atoms with Crippen LogP contribution in [-0.2, 0) is 0 Å². The molecule has 0 saturated carbocycles. The number of methoxy groups -OCH3 is 1. The smallest absolute Gasteiger partial charge is 0.258 e. The van der Waals surface area contributed by atoms with E-state index in [1.807, 2.05) is 0 Å². The number of benzene rings is 2. The molecular formula is C19H19FN4O3. The average Bonchev–Trinajstić information content (AvgIpc) is 3.21. The minimum absolute atomic E-state index is 0.00586. The van der Waals surface area contributed by atoms with Gasteiger partial charge in [-0.25, -0.2) is 4.39 Å². The monoisotopic (exact) mass is 370 g/mol. The van der Waals surface area contributed by atoms with Gasteiger partial charge in [0.2, 0.25) is 0 Å². The van der Waals surface area contributed by atoms with Crippen LogP contribution in [0.4, 0.5) is 10.1 Å². The van der Waals surface area contributed by atoms with Gasteiger partial charge in [0.15, 0.2) is 11.6 Å². The highest BCUT2D eigenvalue weighted by Crippen LogP contribution is 2.32. The Morgan fingerprint density at radius 1 is 1.26 bits per heavy atom. The molecule has 0 atom stereocenters. The maximum atomic E-state index is 14.3. The van der Waals surface area contributed by atoms with Gasteiger partial charge in [-0.15, -0.1) is 0 Å². The number of anilines is 1. The van der Waals surface area contributed by atoms with Gasteiger partial charge < -0.3 is 20.5 Å². The summed E-state index contributed by atoms with van der Waals surface area (Å²) in [6.07, 6.45) is 1.61. The van der Waals surface area contributed by atoms with Gasteiger partial charge in [-0.1, -0.05) is 6.07 Å². The quantitative estimate of drug-likeness (QED) is 0.593. The fourth-order valence-electron chi connectivity index (χ4n) is 2.56. The van der Waals surface area contributed by atoms with Gasteiger partial charge >= 0.3 is 0 Å². The first-order chi connectivity index (χ1) is 13.1. The topological polar surface area (TPSA) is 102 Å². The Morgan fingerprint density at radius 3 is 2.81 bits per heavy atom. The highest BCUT2D eigenvalue weighted by Gasteiger charge is 2.17. The first-order valence-electron chi connectivity index (χ1n) is 8.24. The van der Waals surface area contributed by atoms with Crippen LogP contribution in [0.15, 0.2) is 48.7 Å². The molecule has 27 heavy (non-hydrogen) atoms. The van der Waals surface area contributed by atoms with E-state index in [9.17, 15) is 9.18 Å². The summed E-state index contributed by atoms with van der Waals surface area (Å²) in [5.41, 5.74) is 7.28. The molecule has 0 unspecified atom stereocenters. The Labute approximate surface area is 155 Å². The number of carbonyl (C=O) groups is 1. The summed E-state index contributed by atoms with van der Waals surface area (Å²) in [6.45, 7) is 0.720. The molecule has 0 saturated heterocycles. The SMILES string of the molecule is COc1cccc(C(=O)Nc2ccc(OCCN)c(-c3ccn[nH]3)c2)c1F. The minimum Gasteiger partial charge on any atom is -0.494 e. The fraction of sp³-hybridized carbons (Fsp3) is 0.158.